The number of benzene rings is 1. The third-order valence-corrected chi connectivity index (χ3v) is 10.0. The molecule has 3 fully saturated rings. The van der Waals surface area contributed by atoms with Gasteiger partial charge in [-0.3, -0.25) is 4.79 Å². The van der Waals surface area contributed by atoms with Crippen molar-refractivity contribution < 1.29 is 28.2 Å². The molecule has 212 valence electrons. The van der Waals surface area contributed by atoms with Crippen LogP contribution in [0, 0.1) is 34.3 Å². The summed E-state index contributed by atoms with van der Waals surface area (Å²) in [7, 11) is 1.48. The highest BCUT2D eigenvalue weighted by molar-refractivity contribution is 5.76. The van der Waals surface area contributed by atoms with Crippen molar-refractivity contribution in [2.45, 2.75) is 77.7 Å². The molecule has 40 heavy (non-hydrogen) atoms. The van der Waals surface area contributed by atoms with E-state index in [1.165, 1.54) is 24.8 Å². The number of carbonyl (C=O) groups is 1. The summed E-state index contributed by atoms with van der Waals surface area (Å²) in [5, 5.41) is 9.66. The molecule has 1 spiro atoms. The Morgan fingerprint density at radius 3 is 2.60 bits per heavy atom. The fourth-order valence-corrected chi connectivity index (χ4v) is 7.74. The Morgan fingerprint density at radius 2 is 1.90 bits per heavy atom. The molecule has 4 atom stereocenters. The second-order valence-corrected chi connectivity index (χ2v) is 12.7. The number of carboxylic acids is 1. The van der Waals surface area contributed by atoms with Gasteiger partial charge in [-0.05, 0) is 91.2 Å². The summed E-state index contributed by atoms with van der Waals surface area (Å²) >= 11 is 0. The highest BCUT2D eigenvalue weighted by Crippen LogP contribution is 2.66. The van der Waals surface area contributed by atoms with E-state index >= 15 is 8.78 Å². The van der Waals surface area contributed by atoms with E-state index < -0.39 is 17.6 Å². The van der Waals surface area contributed by atoms with Crippen LogP contribution in [0.5, 0.6) is 5.88 Å². The smallest absolute Gasteiger partial charge is 0.307 e. The number of carboxylic acid groups (broad SMARTS) is 1. The Bertz CT molecular complexity index is 1410. The van der Waals surface area contributed by atoms with Gasteiger partial charge >= 0.3 is 5.97 Å². The minimum Gasteiger partial charge on any atom is -0.489 e. The first-order valence-electron chi connectivity index (χ1n) is 14.4. The van der Waals surface area contributed by atoms with Gasteiger partial charge in [0, 0.05) is 22.6 Å². The number of hydrogen-bond donors (Lipinski definition) is 1. The average Bonchev–Trinajstić information content (AvgIpc) is 3.55. The van der Waals surface area contributed by atoms with E-state index in [-0.39, 0.29) is 40.7 Å². The summed E-state index contributed by atoms with van der Waals surface area (Å²) in [6.45, 7) is 4.48. The van der Waals surface area contributed by atoms with Crippen LogP contribution in [0.3, 0.4) is 0 Å². The van der Waals surface area contributed by atoms with Crippen molar-refractivity contribution in [1.29, 1.82) is 0 Å². The van der Waals surface area contributed by atoms with Crippen LogP contribution >= 0.6 is 0 Å². The average molecular weight is 550 g/mol. The van der Waals surface area contributed by atoms with E-state index in [9.17, 15) is 9.90 Å². The van der Waals surface area contributed by atoms with Crippen LogP contribution in [0.15, 0.2) is 47.9 Å². The first-order chi connectivity index (χ1) is 19.1. The van der Waals surface area contributed by atoms with Crippen LogP contribution in [0.1, 0.15) is 82.3 Å². The molecule has 0 aliphatic heterocycles. The molecule has 0 amide bonds. The molecule has 1 aromatic carbocycles. The molecule has 0 bridgehead atoms. The lowest BCUT2D eigenvalue weighted by Gasteiger charge is -2.35. The summed E-state index contributed by atoms with van der Waals surface area (Å²) in [4.78, 5) is 15.7. The minimum atomic E-state index is -0.716. The molecule has 6 rings (SSSR count). The number of pyridine rings is 1. The number of methoxy groups -OCH3 is 1. The fourth-order valence-electron chi connectivity index (χ4n) is 7.74. The van der Waals surface area contributed by atoms with Gasteiger partial charge in [0.2, 0.25) is 5.88 Å². The molecular weight excluding hydrogens is 512 g/mol. The van der Waals surface area contributed by atoms with Crippen LogP contribution < -0.4 is 4.74 Å². The van der Waals surface area contributed by atoms with E-state index in [1.807, 2.05) is 12.1 Å². The predicted octanol–water partition coefficient (Wildman–Crippen LogP) is 7.95. The van der Waals surface area contributed by atoms with Gasteiger partial charge in [0.05, 0.1) is 19.2 Å². The molecule has 1 N–H and O–H groups in total. The number of ether oxygens (including phenoxy) is 2. The van der Waals surface area contributed by atoms with Crippen molar-refractivity contribution in [3.63, 3.8) is 0 Å². The van der Waals surface area contributed by atoms with Crippen LogP contribution in [-0.2, 0) is 16.1 Å². The van der Waals surface area contributed by atoms with Crippen LogP contribution in [0.2, 0.25) is 0 Å². The number of allylic oxidation sites excluding steroid dienone is 3. The maximum Gasteiger partial charge on any atom is 0.307 e. The number of aromatic nitrogens is 1. The van der Waals surface area contributed by atoms with Gasteiger partial charge in [-0.2, -0.15) is 0 Å². The Kier molecular flexibility index (Phi) is 6.75. The molecule has 7 heteroatoms. The number of nitrogens with zero attached hydrogens (tertiary/aromatic N) is 1. The van der Waals surface area contributed by atoms with Crippen molar-refractivity contribution in [2.75, 3.05) is 7.11 Å². The number of fused-ring (bicyclic) bond motifs is 2. The number of rotatable bonds is 7. The summed E-state index contributed by atoms with van der Waals surface area (Å²) < 4.78 is 42.1. The molecule has 1 heterocycles. The molecule has 4 aliphatic rings. The van der Waals surface area contributed by atoms with Gasteiger partial charge in [0.25, 0.3) is 0 Å². The molecule has 5 nitrogen and oxygen atoms in total. The Balaban J connectivity index is 1.31. The first-order valence-corrected chi connectivity index (χ1v) is 14.4. The zero-order valence-corrected chi connectivity index (χ0v) is 23.4. The van der Waals surface area contributed by atoms with E-state index in [0.29, 0.717) is 29.2 Å². The lowest BCUT2D eigenvalue weighted by Crippen LogP contribution is -2.26. The highest BCUT2D eigenvalue weighted by atomic mass is 19.1. The van der Waals surface area contributed by atoms with Crippen molar-refractivity contribution in [3.8, 4) is 17.0 Å². The molecule has 1 aromatic heterocycles. The lowest BCUT2D eigenvalue weighted by molar-refractivity contribution is -0.139. The maximum atomic E-state index is 15.7. The zero-order valence-electron chi connectivity index (χ0n) is 23.4. The third kappa shape index (κ3) is 4.61. The van der Waals surface area contributed by atoms with Crippen LogP contribution in [0.4, 0.5) is 8.78 Å². The summed E-state index contributed by atoms with van der Waals surface area (Å²) in [5.74, 6) is -0.531. The molecule has 0 radical (unpaired) electrons. The van der Waals surface area contributed by atoms with Gasteiger partial charge < -0.3 is 14.6 Å². The topological polar surface area (TPSA) is 68.7 Å². The first kappa shape index (κ1) is 27.0. The number of hydrogen-bond acceptors (Lipinski definition) is 4. The van der Waals surface area contributed by atoms with Gasteiger partial charge in [-0.1, -0.05) is 32.3 Å². The van der Waals surface area contributed by atoms with Gasteiger partial charge in [-0.25, -0.2) is 13.8 Å². The standard InChI is InChI=1S/C33H37F2NO4/c1-32(2)10-5-7-25(32)23-12-20(28(34)14-22(23)24-15-30(39-3)36-17-29(24)35)18-40-21-9-8-19-6-4-11-33(26(19)13-21)16-27(33)31(37)38/h9,12-15,17,19,25,27H,4-8,10-11,16,18H2,1-3H3,(H,37,38)/t19?,25?,27-,33-/m0/s1. The van der Waals surface area contributed by atoms with Crippen molar-refractivity contribution >= 4 is 5.97 Å². The minimum absolute atomic E-state index is 0.0100. The van der Waals surface area contributed by atoms with Crippen LogP contribution in [0.25, 0.3) is 11.1 Å². The Morgan fingerprint density at radius 1 is 1.10 bits per heavy atom. The molecule has 3 saturated carbocycles. The van der Waals surface area contributed by atoms with E-state index in [0.717, 1.165) is 56.7 Å². The predicted molar refractivity (Wildman–Crippen MR) is 148 cm³/mol. The monoisotopic (exact) mass is 549 g/mol. The fraction of sp³-hybridized carbons (Fsp3) is 0.515. The SMILES string of the molecule is COc1cc(-c2cc(F)c(COC3=CCC4CCC[C@]5(C[C@H]5C(=O)O)C4=C3)cc2C2CCCC2(C)C)c(F)cn1. The van der Waals surface area contributed by atoms with Crippen molar-refractivity contribution in [3.05, 3.63) is 70.6 Å². The zero-order chi connectivity index (χ0) is 28.2. The molecule has 2 aromatic rings. The second kappa shape index (κ2) is 10.0. The summed E-state index contributed by atoms with van der Waals surface area (Å²) in [6, 6.07) is 4.82. The van der Waals surface area contributed by atoms with E-state index in [2.05, 4.69) is 24.9 Å². The number of aliphatic carboxylic acids is 1. The third-order valence-electron chi connectivity index (χ3n) is 10.0. The Labute approximate surface area is 234 Å². The normalized spacial score (nSPS) is 28.5. The molecule has 2 unspecified atom stereocenters. The van der Waals surface area contributed by atoms with Gasteiger partial charge in [0.15, 0.2) is 0 Å². The highest BCUT2D eigenvalue weighted by Gasteiger charge is 2.62. The van der Waals surface area contributed by atoms with Gasteiger partial charge in [0.1, 0.15) is 24.0 Å². The maximum absolute atomic E-state index is 15.7. The van der Waals surface area contributed by atoms with Gasteiger partial charge in [-0.15, -0.1) is 0 Å². The Hall–Kier alpha value is -3.22. The molecule has 0 saturated heterocycles. The lowest BCUT2D eigenvalue weighted by atomic mass is 9.70. The summed E-state index contributed by atoms with van der Waals surface area (Å²) in [6.07, 6.45) is 12.8. The number of halogens is 2. The van der Waals surface area contributed by atoms with Crippen LogP contribution in [-0.4, -0.2) is 23.2 Å². The second-order valence-electron chi connectivity index (χ2n) is 12.7. The largest absolute Gasteiger partial charge is 0.489 e. The van der Waals surface area contributed by atoms with E-state index in [4.69, 9.17) is 9.47 Å². The van der Waals surface area contributed by atoms with Crippen molar-refractivity contribution in [1.82, 2.24) is 4.98 Å². The van der Waals surface area contributed by atoms with Crippen molar-refractivity contribution in [2.24, 2.45) is 22.7 Å². The molecular formula is C33H37F2NO4. The quantitative estimate of drug-likeness (QED) is 0.380. The van der Waals surface area contributed by atoms with E-state index in [1.54, 1.807) is 0 Å². The summed E-state index contributed by atoms with van der Waals surface area (Å²) in [5.41, 5.74) is 3.11. The molecule has 4 aliphatic carbocycles.